The van der Waals surface area contributed by atoms with Gasteiger partial charge in [0.2, 0.25) is 0 Å². The third-order valence-corrected chi connectivity index (χ3v) is 2.59. The normalized spacial score (nSPS) is 10.4. The summed E-state index contributed by atoms with van der Waals surface area (Å²) >= 11 is 0. The fourth-order valence-corrected chi connectivity index (χ4v) is 1.66. The second kappa shape index (κ2) is 4.29. The Kier molecular flexibility index (Phi) is 2.49. The molecule has 0 spiro atoms. The van der Waals surface area contributed by atoms with Crippen LogP contribution in [0.1, 0.15) is 0 Å². The van der Waals surface area contributed by atoms with Crippen LogP contribution in [-0.4, -0.2) is 20.2 Å². The molecule has 0 fully saturated rings. The SMILES string of the molecule is Nc1ccc(-c2nc(-c3cccnc3)n[nH]2)cc1. The van der Waals surface area contributed by atoms with Gasteiger partial charge in [-0.15, -0.1) is 0 Å². The summed E-state index contributed by atoms with van der Waals surface area (Å²) in [5.74, 6) is 1.35. The van der Waals surface area contributed by atoms with E-state index in [1.165, 1.54) is 0 Å². The van der Waals surface area contributed by atoms with Gasteiger partial charge >= 0.3 is 0 Å². The van der Waals surface area contributed by atoms with E-state index in [0.29, 0.717) is 11.6 Å². The van der Waals surface area contributed by atoms with Crippen LogP contribution < -0.4 is 5.73 Å². The standard InChI is InChI=1S/C13H11N5/c14-11-5-3-9(4-6-11)12-16-13(18-17-12)10-2-1-7-15-8-10/h1-8H,14H2,(H,16,17,18). The van der Waals surface area contributed by atoms with Crippen molar-refractivity contribution in [3.63, 3.8) is 0 Å². The maximum Gasteiger partial charge on any atom is 0.183 e. The number of rotatable bonds is 2. The van der Waals surface area contributed by atoms with Crippen molar-refractivity contribution >= 4 is 5.69 Å². The minimum Gasteiger partial charge on any atom is -0.399 e. The molecule has 1 aromatic carbocycles. The quantitative estimate of drug-likeness (QED) is 0.669. The first-order valence-corrected chi connectivity index (χ1v) is 5.51. The average Bonchev–Trinajstić information content (AvgIpc) is 2.90. The lowest BCUT2D eigenvalue weighted by molar-refractivity contribution is 1.10. The van der Waals surface area contributed by atoms with Crippen LogP contribution in [0, 0.1) is 0 Å². The largest absolute Gasteiger partial charge is 0.399 e. The summed E-state index contributed by atoms with van der Waals surface area (Å²) in [6, 6.07) is 11.3. The Bertz CT molecular complexity index is 643. The second-order valence-corrected chi connectivity index (χ2v) is 3.87. The van der Waals surface area contributed by atoms with Crippen molar-refractivity contribution in [2.45, 2.75) is 0 Å². The molecule has 88 valence electrons. The predicted octanol–water partition coefficient (Wildman–Crippen LogP) is 2.12. The van der Waals surface area contributed by atoms with Crippen molar-refractivity contribution in [3.8, 4) is 22.8 Å². The van der Waals surface area contributed by atoms with Gasteiger partial charge in [-0.05, 0) is 36.4 Å². The minimum atomic E-state index is 0.634. The van der Waals surface area contributed by atoms with Crippen molar-refractivity contribution in [2.75, 3.05) is 5.73 Å². The lowest BCUT2D eigenvalue weighted by Crippen LogP contribution is -1.85. The maximum atomic E-state index is 5.65. The van der Waals surface area contributed by atoms with E-state index in [1.54, 1.807) is 12.4 Å². The monoisotopic (exact) mass is 237 g/mol. The maximum absolute atomic E-state index is 5.65. The van der Waals surface area contributed by atoms with Gasteiger partial charge in [-0.25, -0.2) is 4.98 Å². The highest BCUT2D eigenvalue weighted by Crippen LogP contribution is 2.19. The van der Waals surface area contributed by atoms with Gasteiger partial charge in [-0.2, -0.15) is 5.10 Å². The molecule has 0 radical (unpaired) electrons. The van der Waals surface area contributed by atoms with E-state index < -0.39 is 0 Å². The molecule has 0 bridgehead atoms. The van der Waals surface area contributed by atoms with Gasteiger partial charge in [0.1, 0.15) is 0 Å². The molecular formula is C13H11N5. The summed E-state index contributed by atoms with van der Waals surface area (Å²) < 4.78 is 0. The smallest absolute Gasteiger partial charge is 0.183 e. The van der Waals surface area contributed by atoms with E-state index >= 15 is 0 Å². The van der Waals surface area contributed by atoms with Crippen LogP contribution >= 0.6 is 0 Å². The number of nitrogens with zero attached hydrogens (tertiary/aromatic N) is 3. The van der Waals surface area contributed by atoms with E-state index in [4.69, 9.17) is 5.73 Å². The molecule has 0 unspecified atom stereocenters. The van der Waals surface area contributed by atoms with Gasteiger partial charge in [0.25, 0.3) is 0 Å². The molecule has 3 rings (SSSR count). The van der Waals surface area contributed by atoms with E-state index in [-0.39, 0.29) is 0 Å². The molecule has 0 aliphatic heterocycles. The van der Waals surface area contributed by atoms with Gasteiger partial charge in [0.05, 0.1) is 0 Å². The van der Waals surface area contributed by atoms with Crippen LogP contribution in [-0.2, 0) is 0 Å². The molecule has 5 heteroatoms. The summed E-state index contributed by atoms with van der Waals surface area (Å²) in [6.07, 6.45) is 3.45. The van der Waals surface area contributed by atoms with Crippen molar-refractivity contribution in [2.24, 2.45) is 0 Å². The van der Waals surface area contributed by atoms with E-state index in [9.17, 15) is 0 Å². The van der Waals surface area contributed by atoms with Gasteiger partial charge in [-0.3, -0.25) is 10.1 Å². The van der Waals surface area contributed by atoms with Crippen LogP contribution in [0.4, 0.5) is 5.69 Å². The third kappa shape index (κ3) is 1.93. The number of hydrogen-bond donors (Lipinski definition) is 2. The molecular weight excluding hydrogens is 226 g/mol. The van der Waals surface area contributed by atoms with Crippen molar-refractivity contribution < 1.29 is 0 Å². The molecule has 0 aliphatic carbocycles. The zero-order valence-electron chi connectivity index (χ0n) is 9.54. The lowest BCUT2D eigenvalue weighted by atomic mass is 10.2. The average molecular weight is 237 g/mol. The molecule has 18 heavy (non-hydrogen) atoms. The summed E-state index contributed by atoms with van der Waals surface area (Å²) in [7, 11) is 0. The van der Waals surface area contributed by atoms with Crippen molar-refractivity contribution in [3.05, 3.63) is 48.8 Å². The fraction of sp³-hybridized carbons (Fsp3) is 0. The molecule has 3 aromatic rings. The number of pyridine rings is 1. The molecule has 5 nitrogen and oxygen atoms in total. The van der Waals surface area contributed by atoms with Gasteiger partial charge in [-0.1, -0.05) is 0 Å². The number of aromatic amines is 1. The Morgan fingerprint density at radius 2 is 1.83 bits per heavy atom. The van der Waals surface area contributed by atoms with Crippen LogP contribution in [0.2, 0.25) is 0 Å². The molecule has 0 aliphatic rings. The minimum absolute atomic E-state index is 0.634. The molecule has 2 heterocycles. The van der Waals surface area contributed by atoms with Crippen LogP contribution in [0.3, 0.4) is 0 Å². The number of H-pyrrole nitrogens is 1. The molecule has 2 aromatic heterocycles. The zero-order chi connectivity index (χ0) is 12.4. The van der Waals surface area contributed by atoms with Crippen LogP contribution in [0.15, 0.2) is 48.8 Å². The first-order chi connectivity index (χ1) is 8.83. The Morgan fingerprint density at radius 1 is 1.00 bits per heavy atom. The molecule has 3 N–H and O–H groups in total. The van der Waals surface area contributed by atoms with Crippen molar-refractivity contribution in [1.82, 2.24) is 20.2 Å². The van der Waals surface area contributed by atoms with Crippen molar-refractivity contribution in [1.29, 1.82) is 0 Å². The fourth-order valence-electron chi connectivity index (χ4n) is 1.66. The highest BCUT2D eigenvalue weighted by Gasteiger charge is 2.07. The first kappa shape index (κ1) is 10.5. The molecule has 0 saturated heterocycles. The van der Waals surface area contributed by atoms with E-state index in [2.05, 4.69) is 20.2 Å². The summed E-state index contributed by atoms with van der Waals surface area (Å²) in [6.45, 7) is 0. The number of anilines is 1. The molecule has 0 atom stereocenters. The van der Waals surface area contributed by atoms with Crippen LogP contribution in [0.25, 0.3) is 22.8 Å². The zero-order valence-corrected chi connectivity index (χ0v) is 9.54. The number of nitrogens with two attached hydrogens (primary N) is 1. The topological polar surface area (TPSA) is 80.5 Å². The Morgan fingerprint density at radius 3 is 2.56 bits per heavy atom. The second-order valence-electron chi connectivity index (χ2n) is 3.87. The molecule has 0 saturated carbocycles. The summed E-state index contributed by atoms with van der Waals surface area (Å²) in [4.78, 5) is 8.48. The highest BCUT2D eigenvalue weighted by atomic mass is 15.2. The third-order valence-electron chi connectivity index (χ3n) is 2.59. The highest BCUT2D eigenvalue weighted by molar-refractivity contribution is 5.62. The Hall–Kier alpha value is -2.69. The number of aromatic nitrogens is 4. The van der Waals surface area contributed by atoms with Gasteiger partial charge < -0.3 is 5.73 Å². The molecule has 0 amide bonds. The Labute approximate surface area is 104 Å². The number of hydrogen-bond acceptors (Lipinski definition) is 4. The van der Waals surface area contributed by atoms with Gasteiger partial charge in [0.15, 0.2) is 11.6 Å². The predicted molar refractivity (Wildman–Crippen MR) is 69.5 cm³/mol. The van der Waals surface area contributed by atoms with Crippen LogP contribution in [0.5, 0.6) is 0 Å². The first-order valence-electron chi connectivity index (χ1n) is 5.51. The number of nitrogen functional groups attached to an aromatic ring is 1. The van der Waals surface area contributed by atoms with E-state index in [0.717, 1.165) is 16.8 Å². The van der Waals surface area contributed by atoms with E-state index in [1.807, 2.05) is 36.4 Å². The summed E-state index contributed by atoms with van der Waals surface area (Å²) in [5, 5.41) is 7.09. The number of benzene rings is 1. The lowest BCUT2D eigenvalue weighted by Gasteiger charge is -1.96. The number of nitrogens with one attached hydrogen (secondary N) is 1. The Balaban J connectivity index is 1.97. The van der Waals surface area contributed by atoms with Gasteiger partial charge in [0, 0.05) is 29.2 Å². The summed E-state index contributed by atoms with van der Waals surface area (Å²) in [5.41, 5.74) is 8.21.